The summed E-state index contributed by atoms with van der Waals surface area (Å²) >= 11 is 0. The first-order valence-electron chi connectivity index (χ1n) is 7.68. The first-order chi connectivity index (χ1) is 10.6. The number of nitrogens with zero attached hydrogens (tertiary/aromatic N) is 2. The van der Waals surface area contributed by atoms with Crippen LogP contribution in [0.15, 0.2) is 36.0 Å². The van der Waals surface area contributed by atoms with Gasteiger partial charge in [0, 0.05) is 18.8 Å². The quantitative estimate of drug-likeness (QED) is 0.808. The minimum Gasteiger partial charge on any atom is -0.507 e. The SMILES string of the molecule is Cc1ccc(O)c(-c2nn(C)cc2C#CC2=CCCCC2)c1. The van der Waals surface area contributed by atoms with Crippen LogP contribution >= 0.6 is 0 Å². The molecule has 0 amide bonds. The van der Waals surface area contributed by atoms with Crippen LogP contribution in [0.2, 0.25) is 0 Å². The molecule has 0 bridgehead atoms. The van der Waals surface area contributed by atoms with Crippen LogP contribution in [0, 0.1) is 18.8 Å². The lowest BCUT2D eigenvalue weighted by Crippen LogP contribution is -1.89. The Balaban J connectivity index is 2.02. The number of aromatic hydroxyl groups is 1. The zero-order chi connectivity index (χ0) is 15.5. The van der Waals surface area contributed by atoms with Crippen LogP contribution in [-0.4, -0.2) is 14.9 Å². The molecule has 3 rings (SSSR count). The molecule has 2 aromatic rings. The fourth-order valence-corrected chi connectivity index (χ4v) is 2.72. The van der Waals surface area contributed by atoms with Crippen LogP contribution in [0.5, 0.6) is 5.75 Å². The highest BCUT2D eigenvalue weighted by atomic mass is 16.3. The van der Waals surface area contributed by atoms with Crippen molar-refractivity contribution in [1.29, 1.82) is 0 Å². The molecule has 112 valence electrons. The second-order valence-corrected chi connectivity index (χ2v) is 5.81. The number of phenols is 1. The lowest BCUT2D eigenvalue weighted by molar-refractivity contribution is 0.477. The van der Waals surface area contributed by atoms with Gasteiger partial charge in [0.25, 0.3) is 0 Å². The molecule has 0 unspecified atom stereocenters. The normalized spacial score (nSPS) is 14.2. The molecule has 1 aliphatic carbocycles. The maximum absolute atomic E-state index is 10.1. The number of allylic oxidation sites excluding steroid dienone is 2. The molecule has 0 atom stereocenters. The van der Waals surface area contributed by atoms with Crippen LogP contribution in [0.3, 0.4) is 0 Å². The van der Waals surface area contributed by atoms with Gasteiger partial charge in [0.05, 0.1) is 5.56 Å². The van der Waals surface area contributed by atoms with Gasteiger partial charge < -0.3 is 5.11 Å². The Morgan fingerprint density at radius 2 is 2.09 bits per heavy atom. The molecule has 0 saturated carbocycles. The molecule has 1 N–H and O–H groups in total. The van der Waals surface area contributed by atoms with Crippen LogP contribution in [0.1, 0.15) is 36.8 Å². The number of benzene rings is 1. The maximum Gasteiger partial charge on any atom is 0.125 e. The van der Waals surface area contributed by atoms with Crippen LogP contribution in [0.4, 0.5) is 0 Å². The summed E-state index contributed by atoms with van der Waals surface area (Å²) < 4.78 is 1.75. The first-order valence-corrected chi connectivity index (χ1v) is 7.68. The van der Waals surface area contributed by atoms with Gasteiger partial charge >= 0.3 is 0 Å². The molecule has 0 aliphatic heterocycles. The standard InChI is InChI=1S/C19H20N2O/c1-14-8-11-18(22)17(12-14)19-16(13-21(2)20-19)10-9-15-6-4-3-5-7-15/h6,8,11-13,22H,3-5,7H2,1-2H3. The highest BCUT2D eigenvalue weighted by Crippen LogP contribution is 2.31. The van der Waals surface area contributed by atoms with E-state index >= 15 is 0 Å². The number of aromatic nitrogens is 2. The van der Waals surface area contributed by atoms with E-state index in [1.807, 2.05) is 32.3 Å². The van der Waals surface area contributed by atoms with Crippen LogP contribution in [0.25, 0.3) is 11.3 Å². The smallest absolute Gasteiger partial charge is 0.125 e. The largest absolute Gasteiger partial charge is 0.507 e. The third-order valence-electron chi connectivity index (χ3n) is 3.88. The topological polar surface area (TPSA) is 38.1 Å². The van der Waals surface area contributed by atoms with Gasteiger partial charge in [-0.3, -0.25) is 4.68 Å². The summed E-state index contributed by atoms with van der Waals surface area (Å²) in [6, 6.07) is 5.54. The van der Waals surface area contributed by atoms with E-state index in [2.05, 4.69) is 23.0 Å². The summed E-state index contributed by atoms with van der Waals surface area (Å²) in [5.41, 5.74) is 4.65. The number of aryl methyl sites for hydroxylation is 2. The molecule has 1 heterocycles. The third-order valence-corrected chi connectivity index (χ3v) is 3.88. The summed E-state index contributed by atoms with van der Waals surface area (Å²) in [4.78, 5) is 0. The molecule has 22 heavy (non-hydrogen) atoms. The van der Waals surface area contributed by atoms with Crippen LogP contribution < -0.4 is 0 Å². The van der Waals surface area contributed by atoms with E-state index < -0.39 is 0 Å². The van der Waals surface area contributed by atoms with Crippen molar-refractivity contribution in [3.63, 3.8) is 0 Å². The predicted molar refractivity (Wildman–Crippen MR) is 88.5 cm³/mol. The van der Waals surface area contributed by atoms with E-state index in [1.165, 1.54) is 18.4 Å². The van der Waals surface area contributed by atoms with Gasteiger partial charge in [0.15, 0.2) is 0 Å². The molecule has 0 saturated heterocycles. The Hall–Kier alpha value is -2.47. The summed E-state index contributed by atoms with van der Waals surface area (Å²) in [7, 11) is 1.88. The Labute approximate surface area is 131 Å². The lowest BCUT2D eigenvalue weighted by Gasteiger charge is -2.06. The number of phenolic OH excluding ortho intramolecular Hbond substituents is 1. The molecule has 1 aromatic carbocycles. The van der Waals surface area contributed by atoms with E-state index in [9.17, 15) is 5.11 Å². The van der Waals surface area contributed by atoms with Crippen molar-refractivity contribution >= 4 is 0 Å². The molecular formula is C19H20N2O. The van der Waals surface area contributed by atoms with Crippen molar-refractivity contribution < 1.29 is 5.11 Å². The second kappa shape index (κ2) is 6.11. The number of hydrogen-bond donors (Lipinski definition) is 1. The van der Waals surface area contributed by atoms with Crippen molar-refractivity contribution in [3.8, 4) is 28.8 Å². The second-order valence-electron chi connectivity index (χ2n) is 5.81. The zero-order valence-corrected chi connectivity index (χ0v) is 13.1. The van der Waals surface area contributed by atoms with Gasteiger partial charge in [-0.15, -0.1) is 0 Å². The van der Waals surface area contributed by atoms with Crippen LogP contribution in [-0.2, 0) is 7.05 Å². The summed E-state index contributed by atoms with van der Waals surface area (Å²) in [5, 5.41) is 14.6. The van der Waals surface area contributed by atoms with Gasteiger partial charge in [-0.2, -0.15) is 5.10 Å². The Morgan fingerprint density at radius 3 is 2.86 bits per heavy atom. The van der Waals surface area contributed by atoms with Gasteiger partial charge in [0.2, 0.25) is 0 Å². The number of hydrogen-bond acceptors (Lipinski definition) is 2. The van der Waals surface area contributed by atoms with Gasteiger partial charge in [-0.25, -0.2) is 0 Å². The van der Waals surface area contributed by atoms with Crippen molar-refractivity contribution in [3.05, 3.63) is 47.2 Å². The molecule has 0 radical (unpaired) electrons. The van der Waals surface area contributed by atoms with E-state index in [0.29, 0.717) is 0 Å². The molecule has 3 nitrogen and oxygen atoms in total. The van der Waals surface area contributed by atoms with E-state index in [1.54, 1.807) is 10.7 Å². The van der Waals surface area contributed by atoms with Crippen molar-refractivity contribution in [2.75, 3.05) is 0 Å². The van der Waals surface area contributed by atoms with E-state index in [-0.39, 0.29) is 5.75 Å². The zero-order valence-electron chi connectivity index (χ0n) is 13.1. The molecule has 1 aromatic heterocycles. The molecule has 0 fully saturated rings. The maximum atomic E-state index is 10.1. The summed E-state index contributed by atoms with van der Waals surface area (Å²) in [5.74, 6) is 6.75. The first kappa shape index (κ1) is 14.5. The summed E-state index contributed by atoms with van der Waals surface area (Å²) in [6.07, 6.45) is 8.82. The Bertz CT molecular complexity index is 787. The van der Waals surface area contributed by atoms with Gasteiger partial charge in [0.1, 0.15) is 11.4 Å². The van der Waals surface area contributed by atoms with Crippen molar-refractivity contribution in [2.24, 2.45) is 7.05 Å². The number of rotatable bonds is 1. The highest BCUT2D eigenvalue weighted by Gasteiger charge is 2.13. The monoisotopic (exact) mass is 292 g/mol. The average Bonchev–Trinajstić information content (AvgIpc) is 2.89. The highest BCUT2D eigenvalue weighted by molar-refractivity contribution is 5.73. The molecule has 1 aliphatic rings. The van der Waals surface area contributed by atoms with Gasteiger partial charge in [-0.05, 0) is 50.3 Å². The molecule has 3 heteroatoms. The summed E-state index contributed by atoms with van der Waals surface area (Å²) in [6.45, 7) is 2.00. The Kier molecular flexibility index (Phi) is 4.02. The molecule has 0 spiro atoms. The van der Waals surface area contributed by atoms with E-state index in [4.69, 9.17) is 0 Å². The Morgan fingerprint density at radius 1 is 1.23 bits per heavy atom. The van der Waals surface area contributed by atoms with Crippen molar-refractivity contribution in [1.82, 2.24) is 9.78 Å². The molecular weight excluding hydrogens is 272 g/mol. The minimum absolute atomic E-state index is 0.240. The third kappa shape index (κ3) is 3.07. The van der Waals surface area contributed by atoms with Gasteiger partial charge in [-0.1, -0.05) is 29.5 Å². The lowest BCUT2D eigenvalue weighted by atomic mass is 9.99. The van der Waals surface area contributed by atoms with Crippen molar-refractivity contribution in [2.45, 2.75) is 32.6 Å². The predicted octanol–water partition coefficient (Wildman–Crippen LogP) is 3.95. The fourth-order valence-electron chi connectivity index (χ4n) is 2.72. The fraction of sp³-hybridized carbons (Fsp3) is 0.316. The average molecular weight is 292 g/mol. The minimum atomic E-state index is 0.240. The van der Waals surface area contributed by atoms with E-state index in [0.717, 1.165) is 35.2 Å².